The van der Waals surface area contributed by atoms with Gasteiger partial charge in [-0.05, 0) is 24.3 Å². The van der Waals surface area contributed by atoms with E-state index in [1.165, 1.54) is 0 Å². The third kappa shape index (κ3) is 5.37. The van der Waals surface area contributed by atoms with Gasteiger partial charge < -0.3 is 16.2 Å². The van der Waals surface area contributed by atoms with Crippen LogP contribution in [0.5, 0.6) is 0 Å². The van der Waals surface area contributed by atoms with Crippen molar-refractivity contribution < 1.29 is 14.7 Å². The Balaban J connectivity index is 4.28. The average Bonchev–Trinajstić information content (AvgIpc) is 2.21. The molecule has 0 aliphatic rings. The van der Waals surface area contributed by atoms with Crippen LogP contribution in [0.15, 0.2) is 0 Å². The van der Waals surface area contributed by atoms with Gasteiger partial charge in [0.05, 0.1) is 6.04 Å². The summed E-state index contributed by atoms with van der Waals surface area (Å²) in [5.41, 5.74) is 5.63. The highest BCUT2D eigenvalue weighted by atomic mass is 32.2. The van der Waals surface area contributed by atoms with Crippen molar-refractivity contribution in [2.45, 2.75) is 32.4 Å². The molecule has 0 bridgehead atoms. The van der Waals surface area contributed by atoms with Crippen molar-refractivity contribution in [3.8, 4) is 0 Å². The number of carboxylic acids is 1. The molecule has 6 heteroatoms. The highest BCUT2D eigenvalue weighted by molar-refractivity contribution is 7.98. The smallest absolute Gasteiger partial charge is 0.326 e. The Morgan fingerprint density at radius 1 is 1.44 bits per heavy atom. The predicted molar refractivity (Wildman–Crippen MR) is 65.4 cm³/mol. The van der Waals surface area contributed by atoms with E-state index < -0.39 is 24.0 Å². The molecule has 0 spiro atoms. The maximum atomic E-state index is 11.6. The Kier molecular flexibility index (Phi) is 7.16. The van der Waals surface area contributed by atoms with Gasteiger partial charge in [-0.1, -0.05) is 13.8 Å². The molecule has 2 atom stereocenters. The van der Waals surface area contributed by atoms with E-state index in [0.29, 0.717) is 12.2 Å². The minimum Gasteiger partial charge on any atom is -0.480 e. The van der Waals surface area contributed by atoms with E-state index in [2.05, 4.69) is 5.32 Å². The second kappa shape index (κ2) is 7.51. The normalized spacial score (nSPS) is 14.6. The number of hydrogen-bond donors (Lipinski definition) is 3. The SMILES string of the molecule is CSCCC(NC(=O)[C@@H](N)C(C)C)C(=O)O. The van der Waals surface area contributed by atoms with Crippen LogP contribution in [0.4, 0.5) is 0 Å². The quantitative estimate of drug-likeness (QED) is 0.602. The fraction of sp³-hybridized carbons (Fsp3) is 0.800. The number of amides is 1. The first-order valence-corrected chi connectivity index (χ1v) is 6.57. The van der Waals surface area contributed by atoms with Crippen LogP contribution < -0.4 is 11.1 Å². The number of nitrogens with one attached hydrogen (secondary N) is 1. The Morgan fingerprint density at radius 2 is 2.00 bits per heavy atom. The maximum absolute atomic E-state index is 11.6. The van der Waals surface area contributed by atoms with Gasteiger partial charge in [-0.3, -0.25) is 4.79 Å². The van der Waals surface area contributed by atoms with E-state index in [4.69, 9.17) is 10.8 Å². The van der Waals surface area contributed by atoms with Gasteiger partial charge in [0.25, 0.3) is 0 Å². The van der Waals surface area contributed by atoms with E-state index in [1.807, 2.05) is 20.1 Å². The first-order valence-electron chi connectivity index (χ1n) is 5.17. The van der Waals surface area contributed by atoms with Crippen LogP contribution in [-0.2, 0) is 9.59 Å². The third-order valence-corrected chi connectivity index (χ3v) is 2.89. The summed E-state index contributed by atoms with van der Waals surface area (Å²) < 4.78 is 0. The van der Waals surface area contributed by atoms with Gasteiger partial charge in [-0.25, -0.2) is 4.79 Å². The van der Waals surface area contributed by atoms with E-state index in [0.717, 1.165) is 0 Å². The number of nitrogens with two attached hydrogens (primary N) is 1. The largest absolute Gasteiger partial charge is 0.480 e. The lowest BCUT2D eigenvalue weighted by molar-refractivity contribution is -0.142. The van der Waals surface area contributed by atoms with Crippen LogP contribution in [0.3, 0.4) is 0 Å². The van der Waals surface area contributed by atoms with Crippen molar-refractivity contribution in [3.63, 3.8) is 0 Å². The second-order valence-electron chi connectivity index (χ2n) is 3.95. The molecule has 0 aromatic heterocycles. The van der Waals surface area contributed by atoms with Crippen molar-refractivity contribution >= 4 is 23.6 Å². The minimum absolute atomic E-state index is 0.00463. The van der Waals surface area contributed by atoms with Gasteiger partial charge in [-0.2, -0.15) is 11.8 Å². The Hall–Kier alpha value is -0.750. The summed E-state index contributed by atoms with van der Waals surface area (Å²) in [5.74, 6) is -0.731. The maximum Gasteiger partial charge on any atom is 0.326 e. The molecule has 16 heavy (non-hydrogen) atoms. The number of carboxylic acid groups (broad SMARTS) is 1. The fourth-order valence-corrected chi connectivity index (χ4v) is 1.54. The van der Waals surface area contributed by atoms with Gasteiger partial charge in [0.2, 0.25) is 5.91 Å². The molecule has 1 amide bonds. The van der Waals surface area contributed by atoms with Crippen molar-refractivity contribution in [2.24, 2.45) is 11.7 Å². The minimum atomic E-state index is -1.02. The summed E-state index contributed by atoms with van der Waals surface area (Å²) in [7, 11) is 0. The van der Waals surface area contributed by atoms with E-state index in [-0.39, 0.29) is 5.92 Å². The molecule has 0 rings (SSSR count). The molecule has 0 saturated carbocycles. The lowest BCUT2D eigenvalue weighted by atomic mass is 10.0. The molecule has 94 valence electrons. The van der Waals surface area contributed by atoms with Crippen LogP contribution in [0.2, 0.25) is 0 Å². The summed E-state index contributed by atoms with van der Waals surface area (Å²) in [6.07, 6.45) is 2.30. The van der Waals surface area contributed by atoms with Crippen LogP contribution in [-0.4, -0.2) is 41.1 Å². The van der Waals surface area contributed by atoms with Crippen LogP contribution >= 0.6 is 11.8 Å². The van der Waals surface area contributed by atoms with Crippen LogP contribution in [0.1, 0.15) is 20.3 Å². The molecule has 0 aliphatic heterocycles. The molecule has 5 nitrogen and oxygen atoms in total. The standard InChI is InChI=1S/C10H20N2O3S/c1-6(2)8(11)9(13)12-7(10(14)15)4-5-16-3/h6-8H,4-5,11H2,1-3H3,(H,12,13)(H,14,15)/t7?,8-/m0/s1. The van der Waals surface area contributed by atoms with E-state index in [1.54, 1.807) is 11.8 Å². The summed E-state index contributed by atoms with van der Waals surface area (Å²) in [4.78, 5) is 22.4. The Morgan fingerprint density at radius 3 is 2.38 bits per heavy atom. The highest BCUT2D eigenvalue weighted by Gasteiger charge is 2.24. The van der Waals surface area contributed by atoms with E-state index >= 15 is 0 Å². The zero-order chi connectivity index (χ0) is 12.7. The number of hydrogen-bond acceptors (Lipinski definition) is 4. The zero-order valence-electron chi connectivity index (χ0n) is 9.90. The van der Waals surface area contributed by atoms with E-state index in [9.17, 15) is 9.59 Å². The van der Waals surface area contributed by atoms with Crippen molar-refractivity contribution in [1.82, 2.24) is 5.32 Å². The number of carbonyl (C=O) groups excluding carboxylic acids is 1. The van der Waals surface area contributed by atoms with Crippen molar-refractivity contribution in [2.75, 3.05) is 12.0 Å². The molecule has 4 N–H and O–H groups in total. The monoisotopic (exact) mass is 248 g/mol. The number of rotatable bonds is 7. The number of aliphatic carboxylic acids is 1. The topological polar surface area (TPSA) is 92.4 Å². The first kappa shape index (κ1) is 15.2. The molecule has 0 aliphatic carbocycles. The molecule has 0 aromatic carbocycles. The highest BCUT2D eigenvalue weighted by Crippen LogP contribution is 2.03. The number of thioether (sulfide) groups is 1. The lowest BCUT2D eigenvalue weighted by Gasteiger charge is -2.19. The number of carbonyl (C=O) groups is 2. The first-order chi connectivity index (χ1) is 7.40. The molecule has 0 saturated heterocycles. The molecular formula is C10H20N2O3S. The molecule has 0 heterocycles. The van der Waals surface area contributed by atoms with Crippen LogP contribution in [0.25, 0.3) is 0 Å². The van der Waals surface area contributed by atoms with Gasteiger partial charge >= 0.3 is 5.97 Å². The van der Waals surface area contributed by atoms with Gasteiger partial charge in [0.15, 0.2) is 0 Å². The van der Waals surface area contributed by atoms with Crippen molar-refractivity contribution in [3.05, 3.63) is 0 Å². The van der Waals surface area contributed by atoms with Gasteiger partial charge in [-0.15, -0.1) is 0 Å². The van der Waals surface area contributed by atoms with Crippen LogP contribution in [0, 0.1) is 5.92 Å². The second-order valence-corrected chi connectivity index (χ2v) is 4.94. The molecule has 0 aromatic rings. The molecular weight excluding hydrogens is 228 g/mol. The summed E-state index contributed by atoms with van der Waals surface area (Å²) in [5, 5.41) is 11.4. The van der Waals surface area contributed by atoms with Gasteiger partial charge in [0, 0.05) is 0 Å². The summed E-state index contributed by atoms with van der Waals surface area (Å²) in [6.45, 7) is 3.64. The molecule has 0 fully saturated rings. The van der Waals surface area contributed by atoms with Gasteiger partial charge in [0.1, 0.15) is 6.04 Å². The Labute approximate surface area is 100 Å². The average molecular weight is 248 g/mol. The van der Waals surface area contributed by atoms with Crippen molar-refractivity contribution in [1.29, 1.82) is 0 Å². The lowest BCUT2D eigenvalue weighted by Crippen LogP contribution is -2.50. The summed E-state index contributed by atoms with van der Waals surface area (Å²) in [6, 6.07) is -1.50. The molecule has 0 radical (unpaired) electrons. The molecule has 1 unspecified atom stereocenters. The predicted octanol–water partition coefficient (Wildman–Crippen LogP) is 0.292. The fourth-order valence-electron chi connectivity index (χ4n) is 1.06. The zero-order valence-corrected chi connectivity index (χ0v) is 10.7. The third-order valence-electron chi connectivity index (χ3n) is 2.25. The Bertz CT molecular complexity index is 246. The summed E-state index contributed by atoms with van der Waals surface area (Å²) >= 11 is 1.54.